The summed E-state index contributed by atoms with van der Waals surface area (Å²) < 4.78 is 2.35. The van der Waals surface area contributed by atoms with E-state index in [1.54, 1.807) is 0 Å². The standard InChI is InChI=1S/C17H21ClN/c1-11(2)10-19-7-6-14-16(9-18)15(13-4-5-13)8-12(3)17(14)19/h6-8,13H,4-5,9-10H2,1-3H3. The normalized spacial score (nSPS) is 15.6. The summed E-state index contributed by atoms with van der Waals surface area (Å²) in [5.74, 6) is 2.82. The van der Waals surface area contributed by atoms with Crippen molar-refractivity contribution in [3.8, 4) is 0 Å². The lowest BCUT2D eigenvalue weighted by Crippen LogP contribution is -2.03. The van der Waals surface area contributed by atoms with Crippen LogP contribution < -0.4 is 0 Å². The zero-order valence-electron chi connectivity index (χ0n) is 12.0. The SMILES string of the molecule is C[C](C)Cn1ccc2c(CCl)c(C3CC3)cc(C)c21. The lowest BCUT2D eigenvalue weighted by molar-refractivity contribution is 0.736. The third kappa shape index (κ3) is 2.29. The lowest BCUT2D eigenvalue weighted by Gasteiger charge is -2.14. The second kappa shape index (κ2) is 4.86. The Morgan fingerprint density at radius 3 is 2.68 bits per heavy atom. The number of rotatable bonds is 4. The molecule has 0 aliphatic heterocycles. The molecule has 1 aromatic carbocycles. The van der Waals surface area contributed by atoms with Crippen molar-refractivity contribution in [3.63, 3.8) is 0 Å². The number of fused-ring (bicyclic) bond motifs is 1. The van der Waals surface area contributed by atoms with Crippen LogP contribution in [0.5, 0.6) is 0 Å². The molecule has 3 rings (SSSR count). The van der Waals surface area contributed by atoms with Crippen LogP contribution in [-0.4, -0.2) is 4.57 Å². The monoisotopic (exact) mass is 274 g/mol. The fourth-order valence-corrected chi connectivity index (χ4v) is 3.38. The number of halogens is 1. The third-order valence-electron chi connectivity index (χ3n) is 4.02. The molecule has 1 aromatic heterocycles. The Balaban J connectivity index is 2.19. The van der Waals surface area contributed by atoms with Crippen molar-refractivity contribution in [2.75, 3.05) is 0 Å². The van der Waals surface area contributed by atoms with E-state index < -0.39 is 0 Å². The topological polar surface area (TPSA) is 4.93 Å². The first-order valence-corrected chi connectivity index (χ1v) is 7.61. The number of benzene rings is 1. The van der Waals surface area contributed by atoms with Gasteiger partial charge in [0.1, 0.15) is 0 Å². The fourth-order valence-electron chi connectivity index (χ4n) is 3.08. The van der Waals surface area contributed by atoms with Crippen LogP contribution in [0.15, 0.2) is 18.3 Å². The van der Waals surface area contributed by atoms with Crippen LogP contribution in [0.2, 0.25) is 0 Å². The van der Waals surface area contributed by atoms with E-state index in [-0.39, 0.29) is 0 Å². The number of alkyl halides is 1. The Hall–Kier alpha value is -0.950. The van der Waals surface area contributed by atoms with Gasteiger partial charge in [-0.15, -0.1) is 11.6 Å². The molecule has 0 amide bonds. The van der Waals surface area contributed by atoms with Gasteiger partial charge in [0.05, 0.1) is 5.52 Å². The highest BCUT2D eigenvalue weighted by atomic mass is 35.5. The zero-order chi connectivity index (χ0) is 13.6. The van der Waals surface area contributed by atoms with Crippen molar-refractivity contribution in [1.82, 2.24) is 4.57 Å². The molecule has 101 valence electrons. The van der Waals surface area contributed by atoms with Gasteiger partial charge in [-0.2, -0.15) is 0 Å². The fraction of sp³-hybridized carbons (Fsp3) is 0.471. The minimum Gasteiger partial charge on any atom is -0.347 e. The number of nitrogens with zero attached hydrogens (tertiary/aromatic N) is 1. The maximum atomic E-state index is 6.24. The van der Waals surface area contributed by atoms with Crippen molar-refractivity contribution in [3.05, 3.63) is 40.9 Å². The summed E-state index contributed by atoms with van der Waals surface area (Å²) in [5.41, 5.74) is 5.60. The number of aromatic nitrogens is 1. The van der Waals surface area contributed by atoms with Crippen LogP contribution in [-0.2, 0) is 12.4 Å². The summed E-state index contributed by atoms with van der Waals surface area (Å²) in [6.07, 6.45) is 4.87. The summed E-state index contributed by atoms with van der Waals surface area (Å²) in [5, 5.41) is 1.36. The molecular weight excluding hydrogens is 254 g/mol. The number of hydrogen-bond donors (Lipinski definition) is 0. The van der Waals surface area contributed by atoms with Crippen LogP contribution >= 0.6 is 11.6 Å². The van der Waals surface area contributed by atoms with Crippen LogP contribution in [0.3, 0.4) is 0 Å². The van der Waals surface area contributed by atoms with E-state index in [1.165, 1.54) is 46.4 Å². The first-order valence-electron chi connectivity index (χ1n) is 7.08. The van der Waals surface area contributed by atoms with E-state index in [1.807, 2.05) is 0 Å². The van der Waals surface area contributed by atoms with Crippen molar-refractivity contribution < 1.29 is 0 Å². The van der Waals surface area contributed by atoms with E-state index in [0.717, 1.165) is 12.5 Å². The molecule has 2 aromatic rings. The molecule has 0 unspecified atom stereocenters. The van der Waals surface area contributed by atoms with E-state index in [4.69, 9.17) is 11.6 Å². The Bertz CT molecular complexity index is 605. The van der Waals surface area contributed by atoms with E-state index in [9.17, 15) is 0 Å². The van der Waals surface area contributed by atoms with Gasteiger partial charge < -0.3 is 4.57 Å². The summed E-state index contributed by atoms with van der Waals surface area (Å²) >= 11 is 6.24. The third-order valence-corrected chi connectivity index (χ3v) is 4.29. The summed E-state index contributed by atoms with van der Waals surface area (Å²) in [4.78, 5) is 0. The molecule has 1 aliphatic rings. The van der Waals surface area contributed by atoms with Gasteiger partial charge in [0.2, 0.25) is 0 Å². The summed E-state index contributed by atoms with van der Waals surface area (Å²) in [7, 11) is 0. The van der Waals surface area contributed by atoms with Gasteiger partial charge in [-0.3, -0.25) is 0 Å². The minimum absolute atomic E-state index is 0.626. The molecule has 1 fully saturated rings. The van der Waals surface area contributed by atoms with Gasteiger partial charge in [-0.1, -0.05) is 19.9 Å². The highest BCUT2D eigenvalue weighted by Crippen LogP contribution is 2.44. The molecule has 1 saturated carbocycles. The summed E-state index contributed by atoms with van der Waals surface area (Å²) in [6.45, 7) is 7.59. The minimum atomic E-state index is 0.626. The maximum absolute atomic E-state index is 6.24. The van der Waals surface area contributed by atoms with Gasteiger partial charge in [0.25, 0.3) is 0 Å². The van der Waals surface area contributed by atoms with Gasteiger partial charge >= 0.3 is 0 Å². The zero-order valence-corrected chi connectivity index (χ0v) is 12.7. The average molecular weight is 275 g/mol. The molecule has 0 bridgehead atoms. The van der Waals surface area contributed by atoms with E-state index in [0.29, 0.717) is 5.88 Å². The predicted octanol–water partition coefficient (Wildman–Crippen LogP) is 5.18. The first kappa shape index (κ1) is 13.1. The quantitative estimate of drug-likeness (QED) is 0.677. The molecule has 0 N–H and O–H groups in total. The number of aryl methyl sites for hydroxylation is 1. The molecule has 0 atom stereocenters. The molecule has 1 nitrogen and oxygen atoms in total. The van der Waals surface area contributed by atoms with Crippen LogP contribution in [0, 0.1) is 12.8 Å². The predicted molar refractivity (Wildman–Crippen MR) is 82.8 cm³/mol. The number of hydrogen-bond acceptors (Lipinski definition) is 0. The highest BCUT2D eigenvalue weighted by Gasteiger charge is 2.27. The van der Waals surface area contributed by atoms with Crippen molar-refractivity contribution in [1.29, 1.82) is 0 Å². The second-order valence-electron chi connectivity index (χ2n) is 6.08. The Labute approximate surface area is 120 Å². The van der Waals surface area contributed by atoms with Crippen LogP contribution in [0.1, 0.15) is 49.3 Å². The first-order chi connectivity index (χ1) is 9.11. The Morgan fingerprint density at radius 1 is 1.37 bits per heavy atom. The molecule has 0 saturated heterocycles. The van der Waals surface area contributed by atoms with Gasteiger partial charge in [0.15, 0.2) is 0 Å². The Morgan fingerprint density at radius 2 is 2.11 bits per heavy atom. The highest BCUT2D eigenvalue weighted by molar-refractivity contribution is 6.18. The molecule has 1 heterocycles. The van der Waals surface area contributed by atoms with Gasteiger partial charge in [0, 0.05) is 24.0 Å². The molecule has 1 radical (unpaired) electrons. The van der Waals surface area contributed by atoms with Gasteiger partial charge in [-0.05, 0) is 54.4 Å². The van der Waals surface area contributed by atoms with Gasteiger partial charge in [-0.25, -0.2) is 0 Å². The lowest BCUT2D eigenvalue weighted by atomic mass is 9.97. The smallest absolute Gasteiger partial charge is 0.0513 e. The van der Waals surface area contributed by atoms with Crippen molar-refractivity contribution in [2.45, 2.75) is 52.0 Å². The van der Waals surface area contributed by atoms with Crippen LogP contribution in [0.4, 0.5) is 0 Å². The molecule has 1 aliphatic carbocycles. The Kier molecular flexibility index (Phi) is 3.34. The second-order valence-corrected chi connectivity index (χ2v) is 6.35. The largest absolute Gasteiger partial charge is 0.347 e. The van der Waals surface area contributed by atoms with Crippen LogP contribution in [0.25, 0.3) is 10.9 Å². The average Bonchev–Trinajstić information content (AvgIpc) is 3.11. The molecule has 0 spiro atoms. The molecule has 2 heteroatoms. The van der Waals surface area contributed by atoms with Crippen molar-refractivity contribution in [2.24, 2.45) is 0 Å². The maximum Gasteiger partial charge on any atom is 0.0513 e. The molecule has 19 heavy (non-hydrogen) atoms. The van der Waals surface area contributed by atoms with Crippen molar-refractivity contribution >= 4 is 22.5 Å². The summed E-state index contributed by atoms with van der Waals surface area (Å²) in [6, 6.07) is 4.62. The van der Waals surface area contributed by atoms with E-state index in [2.05, 4.69) is 43.7 Å². The van der Waals surface area contributed by atoms with E-state index >= 15 is 0 Å². The molecular formula is C17H21ClN.